The molecule has 0 aliphatic carbocycles. The Morgan fingerprint density at radius 2 is 1.75 bits per heavy atom. The predicted octanol–water partition coefficient (Wildman–Crippen LogP) is 3.10. The topological polar surface area (TPSA) is 102 Å². The van der Waals surface area contributed by atoms with Crippen molar-refractivity contribution in [2.45, 2.75) is 12.8 Å². The van der Waals surface area contributed by atoms with Crippen LogP contribution in [0.5, 0.6) is 5.75 Å². The molecule has 8 nitrogen and oxygen atoms in total. The SMILES string of the molecule is COC(=O)CCNC(=O)c1ccc(-c2cc(NCCc3ccccc3OC)ncn2)cc1. The minimum Gasteiger partial charge on any atom is -0.496 e. The molecule has 1 heterocycles. The number of hydrogen-bond donors (Lipinski definition) is 2. The van der Waals surface area contributed by atoms with Crippen LogP contribution in [-0.2, 0) is 16.0 Å². The maximum Gasteiger partial charge on any atom is 0.307 e. The van der Waals surface area contributed by atoms with Crippen molar-refractivity contribution in [1.29, 1.82) is 0 Å². The number of benzene rings is 2. The number of para-hydroxylation sites is 1. The fourth-order valence-electron chi connectivity index (χ4n) is 3.12. The molecular weight excluding hydrogens is 408 g/mol. The van der Waals surface area contributed by atoms with Crippen molar-refractivity contribution in [3.63, 3.8) is 0 Å². The highest BCUT2D eigenvalue weighted by Crippen LogP contribution is 2.20. The average molecular weight is 434 g/mol. The number of aromatic nitrogens is 2. The quantitative estimate of drug-likeness (QED) is 0.473. The minimum absolute atomic E-state index is 0.133. The Balaban J connectivity index is 1.57. The predicted molar refractivity (Wildman–Crippen MR) is 122 cm³/mol. The molecule has 3 rings (SSSR count). The van der Waals surface area contributed by atoms with E-state index >= 15 is 0 Å². The third-order valence-electron chi connectivity index (χ3n) is 4.85. The van der Waals surface area contributed by atoms with Crippen LogP contribution in [-0.4, -0.2) is 49.2 Å². The molecule has 166 valence electrons. The molecule has 0 saturated carbocycles. The molecule has 0 radical (unpaired) electrons. The molecule has 8 heteroatoms. The van der Waals surface area contributed by atoms with Gasteiger partial charge in [-0.2, -0.15) is 0 Å². The summed E-state index contributed by atoms with van der Waals surface area (Å²) in [4.78, 5) is 31.9. The van der Waals surface area contributed by atoms with E-state index in [0.29, 0.717) is 12.1 Å². The zero-order valence-electron chi connectivity index (χ0n) is 18.1. The van der Waals surface area contributed by atoms with Gasteiger partial charge in [0.2, 0.25) is 0 Å². The fraction of sp³-hybridized carbons (Fsp3) is 0.250. The lowest BCUT2D eigenvalue weighted by Crippen LogP contribution is -2.26. The first-order valence-electron chi connectivity index (χ1n) is 10.2. The number of ether oxygens (including phenoxy) is 2. The van der Waals surface area contributed by atoms with E-state index in [9.17, 15) is 9.59 Å². The average Bonchev–Trinajstić information content (AvgIpc) is 2.84. The van der Waals surface area contributed by atoms with Crippen LogP contribution >= 0.6 is 0 Å². The van der Waals surface area contributed by atoms with Gasteiger partial charge in [0.15, 0.2) is 0 Å². The molecule has 2 N–H and O–H groups in total. The number of anilines is 1. The first kappa shape index (κ1) is 22.7. The minimum atomic E-state index is -0.364. The Morgan fingerprint density at radius 1 is 0.969 bits per heavy atom. The van der Waals surface area contributed by atoms with Crippen LogP contribution in [0.1, 0.15) is 22.3 Å². The third kappa shape index (κ3) is 6.28. The molecule has 0 spiro atoms. The van der Waals surface area contributed by atoms with Gasteiger partial charge in [0, 0.05) is 30.3 Å². The molecule has 0 aliphatic rings. The highest BCUT2D eigenvalue weighted by atomic mass is 16.5. The van der Waals surface area contributed by atoms with Gasteiger partial charge in [0.05, 0.1) is 26.3 Å². The number of amides is 1. The second-order valence-corrected chi connectivity index (χ2v) is 6.94. The van der Waals surface area contributed by atoms with Gasteiger partial charge in [0.25, 0.3) is 5.91 Å². The molecule has 32 heavy (non-hydrogen) atoms. The van der Waals surface area contributed by atoms with Crippen LogP contribution in [0.15, 0.2) is 60.9 Å². The van der Waals surface area contributed by atoms with Gasteiger partial charge in [-0.05, 0) is 30.2 Å². The fourth-order valence-corrected chi connectivity index (χ4v) is 3.12. The normalized spacial score (nSPS) is 10.3. The van der Waals surface area contributed by atoms with E-state index in [0.717, 1.165) is 34.8 Å². The summed E-state index contributed by atoms with van der Waals surface area (Å²) in [5, 5.41) is 6.01. The molecule has 3 aromatic rings. The van der Waals surface area contributed by atoms with Crippen molar-refractivity contribution in [3.8, 4) is 17.0 Å². The standard InChI is InChI=1S/C24H26N4O4/c1-31-21-6-4-3-5-18(21)11-13-25-22-15-20(27-16-28-22)17-7-9-19(10-8-17)24(30)26-14-12-23(29)32-2/h3-10,15-16H,11-14H2,1-2H3,(H,26,30)(H,25,27,28). The number of hydrogen-bond acceptors (Lipinski definition) is 7. The van der Waals surface area contributed by atoms with E-state index in [1.807, 2.05) is 42.5 Å². The Hall–Kier alpha value is -3.94. The molecule has 0 atom stereocenters. The maximum absolute atomic E-state index is 12.2. The zero-order chi connectivity index (χ0) is 22.8. The van der Waals surface area contributed by atoms with Crippen molar-refractivity contribution in [1.82, 2.24) is 15.3 Å². The van der Waals surface area contributed by atoms with Crippen LogP contribution in [0.2, 0.25) is 0 Å². The summed E-state index contributed by atoms with van der Waals surface area (Å²) in [7, 11) is 2.98. The summed E-state index contributed by atoms with van der Waals surface area (Å²) in [6, 6.07) is 16.9. The second kappa shape index (κ2) is 11.5. The third-order valence-corrected chi connectivity index (χ3v) is 4.85. The van der Waals surface area contributed by atoms with Gasteiger partial charge in [-0.25, -0.2) is 9.97 Å². The lowest BCUT2D eigenvalue weighted by atomic mass is 10.1. The summed E-state index contributed by atoms with van der Waals surface area (Å²) in [6.07, 6.45) is 2.44. The van der Waals surface area contributed by atoms with E-state index < -0.39 is 0 Å². The molecular formula is C24H26N4O4. The second-order valence-electron chi connectivity index (χ2n) is 6.94. The first-order valence-corrected chi connectivity index (χ1v) is 10.2. The Morgan fingerprint density at radius 3 is 2.50 bits per heavy atom. The van der Waals surface area contributed by atoms with E-state index in [4.69, 9.17) is 4.74 Å². The van der Waals surface area contributed by atoms with Gasteiger partial charge in [-0.3, -0.25) is 9.59 Å². The summed E-state index contributed by atoms with van der Waals surface area (Å²) < 4.78 is 9.94. The van der Waals surface area contributed by atoms with Crippen molar-refractivity contribution < 1.29 is 19.1 Å². The van der Waals surface area contributed by atoms with Gasteiger partial charge >= 0.3 is 5.97 Å². The molecule has 1 aromatic heterocycles. The highest BCUT2D eigenvalue weighted by Gasteiger charge is 2.09. The molecule has 0 bridgehead atoms. The van der Waals surface area contributed by atoms with Crippen molar-refractivity contribution >= 4 is 17.7 Å². The van der Waals surface area contributed by atoms with Crippen molar-refractivity contribution in [3.05, 3.63) is 72.1 Å². The van der Waals surface area contributed by atoms with Crippen LogP contribution in [0.3, 0.4) is 0 Å². The Labute approximate surface area is 187 Å². The molecule has 1 amide bonds. The first-order chi connectivity index (χ1) is 15.6. The molecule has 0 saturated heterocycles. The van der Waals surface area contributed by atoms with Crippen molar-refractivity contribution in [2.75, 3.05) is 32.6 Å². The van der Waals surface area contributed by atoms with Crippen LogP contribution in [0.25, 0.3) is 11.3 Å². The lowest BCUT2D eigenvalue weighted by Gasteiger charge is -2.10. The van der Waals surface area contributed by atoms with Gasteiger partial charge in [-0.1, -0.05) is 30.3 Å². The van der Waals surface area contributed by atoms with Crippen LogP contribution in [0, 0.1) is 0 Å². The van der Waals surface area contributed by atoms with Gasteiger partial charge in [0.1, 0.15) is 17.9 Å². The summed E-state index contributed by atoms with van der Waals surface area (Å²) in [6.45, 7) is 0.921. The molecule has 0 unspecified atom stereocenters. The van der Waals surface area contributed by atoms with E-state index in [2.05, 4.69) is 25.3 Å². The Bertz CT molecular complexity index is 1050. The monoisotopic (exact) mass is 434 g/mol. The van der Waals surface area contributed by atoms with E-state index in [-0.39, 0.29) is 24.8 Å². The van der Waals surface area contributed by atoms with E-state index in [1.54, 1.807) is 19.2 Å². The molecule has 0 aliphatic heterocycles. The van der Waals surface area contributed by atoms with Gasteiger partial charge < -0.3 is 20.1 Å². The summed E-state index contributed by atoms with van der Waals surface area (Å²) in [5.74, 6) is 0.972. The number of esters is 1. The highest BCUT2D eigenvalue weighted by molar-refractivity contribution is 5.94. The van der Waals surface area contributed by atoms with E-state index in [1.165, 1.54) is 13.4 Å². The number of rotatable bonds is 10. The Kier molecular flexibility index (Phi) is 8.14. The number of methoxy groups -OCH3 is 2. The van der Waals surface area contributed by atoms with Crippen LogP contribution in [0.4, 0.5) is 5.82 Å². The lowest BCUT2D eigenvalue weighted by molar-refractivity contribution is -0.140. The number of nitrogens with zero attached hydrogens (tertiary/aromatic N) is 2. The number of nitrogens with one attached hydrogen (secondary N) is 2. The summed E-state index contributed by atoms with van der Waals surface area (Å²) >= 11 is 0. The summed E-state index contributed by atoms with van der Waals surface area (Å²) in [5.41, 5.74) is 3.24. The number of carbonyl (C=O) groups is 2. The maximum atomic E-state index is 12.2. The molecule has 0 fully saturated rings. The zero-order valence-corrected chi connectivity index (χ0v) is 18.1. The number of carbonyl (C=O) groups excluding carboxylic acids is 2. The smallest absolute Gasteiger partial charge is 0.307 e. The largest absolute Gasteiger partial charge is 0.496 e. The molecule has 2 aromatic carbocycles. The van der Waals surface area contributed by atoms with Crippen LogP contribution < -0.4 is 15.4 Å². The van der Waals surface area contributed by atoms with Gasteiger partial charge in [-0.15, -0.1) is 0 Å². The van der Waals surface area contributed by atoms with Crippen molar-refractivity contribution in [2.24, 2.45) is 0 Å².